The van der Waals surface area contributed by atoms with E-state index in [1.807, 2.05) is 0 Å². The number of halogens is 2. The van der Waals surface area contributed by atoms with E-state index < -0.39 is 6.93 Å². The summed E-state index contributed by atoms with van der Waals surface area (Å²) in [6.45, 7) is 0.750. The van der Waals surface area contributed by atoms with Gasteiger partial charge in [-0.05, 0) is 19.5 Å². The van der Waals surface area contributed by atoms with Gasteiger partial charge in [-0.1, -0.05) is 0 Å². The van der Waals surface area contributed by atoms with Gasteiger partial charge >= 0.3 is 0 Å². The third-order valence-corrected chi connectivity index (χ3v) is 0.707. The van der Waals surface area contributed by atoms with Crippen molar-refractivity contribution in [3.05, 3.63) is 0 Å². The molecule has 0 aromatic heterocycles. The zero-order valence-electron chi connectivity index (χ0n) is 4.08. The molecule has 46 valence electrons. The van der Waals surface area contributed by atoms with Crippen molar-refractivity contribution in [2.24, 2.45) is 0 Å². The molecule has 0 spiro atoms. The fraction of sp³-hybridized carbons (Fsp3) is 1.00. The van der Waals surface area contributed by atoms with Crippen LogP contribution >= 0.6 is 0 Å². The largest absolute Gasteiger partial charge is 0.317 e. The van der Waals surface area contributed by atoms with Crippen LogP contribution in [0.5, 0.6) is 0 Å². The molecule has 1 heterocycles. The first kappa shape index (κ1) is 6.82. The lowest BCUT2D eigenvalue weighted by Gasteiger charge is -2.09. The van der Waals surface area contributed by atoms with Gasteiger partial charge in [0.15, 0.2) is 0 Å². The van der Waals surface area contributed by atoms with Gasteiger partial charge in [0.05, 0.1) is 0 Å². The Balaban J connectivity index is 0. The summed E-state index contributed by atoms with van der Waals surface area (Å²) in [6.07, 6.45) is 1.39. The van der Waals surface area contributed by atoms with Gasteiger partial charge in [-0.2, -0.15) is 0 Å². The molecule has 1 nitrogen and oxygen atoms in total. The third kappa shape index (κ3) is 5.82. The predicted octanol–water partition coefficient (Wildman–Crippen LogP) is 1.11. The van der Waals surface area contributed by atoms with Crippen molar-refractivity contribution in [3.63, 3.8) is 0 Å². The van der Waals surface area contributed by atoms with Crippen LogP contribution in [0.15, 0.2) is 0 Å². The monoisotopic (exact) mass is 111 g/mol. The van der Waals surface area contributed by atoms with Crippen molar-refractivity contribution in [2.75, 3.05) is 20.0 Å². The molecule has 0 unspecified atom stereocenters. The second-order valence-electron chi connectivity index (χ2n) is 1.20. The molecule has 1 N–H and O–H groups in total. The second-order valence-corrected chi connectivity index (χ2v) is 1.20. The Morgan fingerprint density at radius 2 is 1.57 bits per heavy atom. The highest BCUT2D eigenvalue weighted by atomic mass is 19.3. The highest BCUT2D eigenvalue weighted by Gasteiger charge is 1.92. The molecule has 7 heavy (non-hydrogen) atoms. The summed E-state index contributed by atoms with van der Waals surface area (Å²) in [6, 6.07) is 0. The second kappa shape index (κ2) is 5.82. The van der Waals surface area contributed by atoms with Crippen LogP contribution in [0.4, 0.5) is 8.78 Å². The molecule has 0 aromatic rings. The highest BCUT2D eigenvalue weighted by Crippen LogP contribution is 1.80. The summed E-state index contributed by atoms with van der Waals surface area (Å²) in [5.74, 6) is 0. The SMILES string of the molecule is C1CNC1.FCF.[HH]. The first-order chi connectivity index (χ1) is 3.41. The summed E-state index contributed by atoms with van der Waals surface area (Å²) in [7, 11) is 0. The molecule has 1 saturated heterocycles. The van der Waals surface area contributed by atoms with Gasteiger partial charge in [0.1, 0.15) is 0 Å². The van der Waals surface area contributed by atoms with Crippen LogP contribution in [0.1, 0.15) is 7.85 Å². The summed E-state index contributed by atoms with van der Waals surface area (Å²) in [5, 5.41) is 3.11. The van der Waals surface area contributed by atoms with Crippen LogP contribution in [0.25, 0.3) is 0 Å². The maximum Gasteiger partial charge on any atom is 0.229 e. The molecule has 1 aliphatic heterocycles. The standard InChI is InChI=1S/C3H7N.CH2F2.H2/c1-2-4-3-1;2-1-3;/h4H,1-3H2;1H2;1H. The molecule has 1 fully saturated rings. The summed E-state index contributed by atoms with van der Waals surface area (Å²) < 4.78 is 19.2. The Kier molecular flexibility index (Phi) is 5.67. The average Bonchev–Trinajstić information content (AvgIpc) is 1.27. The maximum absolute atomic E-state index is 9.62. The predicted molar refractivity (Wildman–Crippen MR) is 26.7 cm³/mol. The number of nitrogens with one attached hydrogen (secondary N) is 1. The van der Waals surface area contributed by atoms with Crippen molar-refractivity contribution >= 4 is 0 Å². The van der Waals surface area contributed by atoms with E-state index in [0.29, 0.717) is 0 Å². The van der Waals surface area contributed by atoms with Gasteiger partial charge in [-0.15, -0.1) is 0 Å². The fourth-order valence-corrected chi connectivity index (χ4v) is 0.177. The molecular formula is C4H11F2N. The van der Waals surface area contributed by atoms with E-state index in [-0.39, 0.29) is 1.43 Å². The van der Waals surface area contributed by atoms with Crippen LogP contribution < -0.4 is 5.32 Å². The van der Waals surface area contributed by atoms with Crippen molar-refractivity contribution in [2.45, 2.75) is 6.42 Å². The van der Waals surface area contributed by atoms with Gasteiger partial charge in [-0.3, -0.25) is 0 Å². The van der Waals surface area contributed by atoms with Crippen LogP contribution in [-0.2, 0) is 0 Å². The molecular weight excluding hydrogens is 100 g/mol. The number of rotatable bonds is 0. The summed E-state index contributed by atoms with van der Waals surface area (Å²) in [4.78, 5) is 0. The zero-order chi connectivity index (χ0) is 5.54. The Hall–Kier alpha value is -0.180. The van der Waals surface area contributed by atoms with Gasteiger partial charge in [0.2, 0.25) is 6.93 Å². The minimum Gasteiger partial charge on any atom is -0.317 e. The molecule has 0 amide bonds. The van der Waals surface area contributed by atoms with Crippen LogP contribution in [0, 0.1) is 0 Å². The van der Waals surface area contributed by atoms with Gasteiger partial charge in [0, 0.05) is 1.43 Å². The Morgan fingerprint density at radius 3 is 1.57 bits per heavy atom. The van der Waals surface area contributed by atoms with E-state index in [2.05, 4.69) is 5.32 Å². The van der Waals surface area contributed by atoms with Gasteiger partial charge in [-0.25, -0.2) is 8.78 Å². The van der Waals surface area contributed by atoms with Crippen molar-refractivity contribution < 1.29 is 10.2 Å². The summed E-state index contributed by atoms with van der Waals surface area (Å²) in [5.41, 5.74) is 0. The minimum atomic E-state index is -1.75. The van der Waals surface area contributed by atoms with E-state index in [0.717, 1.165) is 0 Å². The van der Waals surface area contributed by atoms with Gasteiger partial charge < -0.3 is 5.32 Å². The lowest BCUT2D eigenvalue weighted by Crippen LogP contribution is -2.29. The normalized spacial score (nSPS) is 16.3. The van der Waals surface area contributed by atoms with Crippen LogP contribution in [0.2, 0.25) is 0 Å². The first-order valence-corrected chi connectivity index (χ1v) is 2.24. The smallest absolute Gasteiger partial charge is 0.229 e. The third-order valence-electron chi connectivity index (χ3n) is 0.707. The van der Waals surface area contributed by atoms with E-state index in [4.69, 9.17) is 0 Å². The molecule has 0 aliphatic carbocycles. The van der Waals surface area contributed by atoms with Crippen molar-refractivity contribution in [1.82, 2.24) is 5.32 Å². The average molecular weight is 111 g/mol. The van der Waals surface area contributed by atoms with Crippen molar-refractivity contribution in [3.8, 4) is 0 Å². The number of hydrogen-bond donors (Lipinski definition) is 1. The quantitative estimate of drug-likeness (QED) is 0.493. The molecule has 0 atom stereocenters. The lowest BCUT2D eigenvalue weighted by molar-refractivity contribution is 0.295. The number of hydrogen-bond acceptors (Lipinski definition) is 1. The van der Waals surface area contributed by atoms with E-state index in [1.54, 1.807) is 0 Å². The topological polar surface area (TPSA) is 12.0 Å². The molecule has 1 rings (SSSR count). The van der Waals surface area contributed by atoms with Crippen LogP contribution in [-0.4, -0.2) is 20.0 Å². The lowest BCUT2D eigenvalue weighted by atomic mass is 10.3. The minimum absolute atomic E-state index is 0. The van der Waals surface area contributed by atoms with Gasteiger partial charge in [0.25, 0.3) is 0 Å². The van der Waals surface area contributed by atoms with Crippen LogP contribution in [0.3, 0.4) is 0 Å². The molecule has 3 heteroatoms. The van der Waals surface area contributed by atoms with Crippen molar-refractivity contribution in [1.29, 1.82) is 0 Å². The summed E-state index contributed by atoms with van der Waals surface area (Å²) >= 11 is 0. The molecule has 0 bridgehead atoms. The van der Waals surface area contributed by atoms with E-state index in [1.165, 1.54) is 19.5 Å². The Bertz CT molecular complexity index is 29.2. The Morgan fingerprint density at radius 1 is 1.43 bits per heavy atom. The molecule has 1 aliphatic rings. The maximum atomic E-state index is 9.62. The first-order valence-electron chi connectivity index (χ1n) is 2.24. The number of alkyl halides is 2. The highest BCUT2D eigenvalue weighted by molar-refractivity contribution is 4.56. The Labute approximate surface area is 43.2 Å². The molecule has 0 radical (unpaired) electrons. The fourth-order valence-electron chi connectivity index (χ4n) is 0.177. The zero-order valence-corrected chi connectivity index (χ0v) is 4.08. The van der Waals surface area contributed by atoms with E-state index in [9.17, 15) is 8.78 Å². The molecule has 0 aromatic carbocycles. The van der Waals surface area contributed by atoms with E-state index >= 15 is 0 Å². The molecule has 0 saturated carbocycles.